The minimum atomic E-state index is -1.84. The maximum atomic E-state index is 10.6. The molecule has 2 aromatic rings. The third-order valence-corrected chi connectivity index (χ3v) is 1.98. The third kappa shape index (κ3) is 2.27. The van der Waals surface area contributed by atoms with Crippen molar-refractivity contribution in [3.05, 3.63) is 40.2 Å². The molecule has 1 aromatic carbocycles. The quantitative estimate of drug-likeness (QED) is 0.455. The van der Waals surface area contributed by atoms with Gasteiger partial charge >= 0.3 is 0 Å². The zero-order chi connectivity index (χ0) is 12.4. The lowest BCUT2D eigenvalue weighted by Gasteiger charge is -1.94. The Balaban J connectivity index is 2.38. The molecule has 0 radical (unpaired) electrons. The first-order chi connectivity index (χ1) is 8.08. The number of aromatic nitrogens is 2. The normalized spacial score (nSPS) is 10.8. The molecule has 1 heterocycles. The molecule has 8 heteroatoms. The summed E-state index contributed by atoms with van der Waals surface area (Å²) in [5, 5.41) is 31.4. The van der Waals surface area contributed by atoms with Crippen molar-refractivity contribution in [3.63, 3.8) is 0 Å². The van der Waals surface area contributed by atoms with E-state index in [1.54, 1.807) is 0 Å². The van der Waals surface area contributed by atoms with Crippen LogP contribution < -0.4 is 0 Å². The van der Waals surface area contributed by atoms with Gasteiger partial charge in [0.15, 0.2) is 0 Å². The van der Waals surface area contributed by atoms with Crippen molar-refractivity contribution in [2.24, 2.45) is 0 Å². The van der Waals surface area contributed by atoms with Gasteiger partial charge in [0.2, 0.25) is 12.1 Å². The van der Waals surface area contributed by atoms with E-state index < -0.39 is 11.2 Å². The second kappa shape index (κ2) is 4.28. The van der Waals surface area contributed by atoms with Crippen LogP contribution in [0, 0.1) is 10.1 Å². The van der Waals surface area contributed by atoms with Crippen molar-refractivity contribution in [1.82, 2.24) is 10.1 Å². The highest BCUT2D eigenvalue weighted by Crippen LogP contribution is 2.22. The van der Waals surface area contributed by atoms with E-state index >= 15 is 0 Å². The van der Waals surface area contributed by atoms with Gasteiger partial charge in [0.25, 0.3) is 11.6 Å². The average molecular weight is 237 g/mol. The predicted octanol–water partition coefficient (Wildman–Crippen LogP) is 0.628. The van der Waals surface area contributed by atoms with Crippen molar-refractivity contribution in [3.8, 4) is 11.5 Å². The first-order valence-electron chi connectivity index (χ1n) is 4.52. The van der Waals surface area contributed by atoms with E-state index in [1.165, 1.54) is 24.3 Å². The van der Waals surface area contributed by atoms with Crippen LogP contribution in [-0.4, -0.2) is 25.3 Å². The first-order valence-corrected chi connectivity index (χ1v) is 4.52. The van der Waals surface area contributed by atoms with Crippen LogP contribution in [0.3, 0.4) is 0 Å². The van der Waals surface area contributed by atoms with Gasteiger partial charge < -0.3 is 14.7 Å². The Morgan fingerprint density at radius 1 is 1.41 bits per heavy atom. The van der Waals surface area contributed by atoms with Crippen LogP contribution in [0.15, 0.2) is 28.8 Å². The molecule has 0 bridgehead atoms. The Bertz CT molecular complexity index is 551. The second-order valence-electron chi connectivity index (χ2n) is 3.14. The molecule has 0 aliphatic rings. The Hall–Kier alpha value is -2.32. The summed E-state index contributed by atoms with van der Waals surface area (Å²) < 4.78 is 4.74. The Morgan fingerprint density at radius 2 is 2.18 bits per heavy atom. The van der Waals surface area contributed by atoms with Gasteiger partial charge in [-0.25, -0.2) is 0 Å². The maximum Gasteiger partial charge on any atom is 0.270 e. The molecule has 1 aromatic heterocycles. The van der Waals surface area contributed by atoms with Crippen LogP contribution >= 0.6 is 0 Å². The minimum Gasteiger partial charge on any atom is -0.362 e. The fourth-order valence-electron chi connectivity index (χ4n) is 1.21. The summed E-state index contributed by atoms with van der Waals surface area (Å²) in [5.41, 5.74) is 0.213. The van der Waals surface area contributed by atoms with Crippen LogP contribution in [0.2, 0.25) is 0 Å². The largest absolute Gasteiger partial charge is 0.362 e. The number of rotatable bonds is 3. The van der Waals surface area contributed by atoms with Gasteiger partial charge in [0.05, 0.1) is 4.92 Å². The molecule has 0 spiro atoms. The van der Waals surface area contributed by atoms with Gasteiger partial charge in [0, 0.05) is 17.7 Å². The van der Waals surface area contributed by atoms with Crippen molar-refractivity contribution < 1.29 is 19.7 Å². The molecule has 88 valence electrons. The molecule has 8 nitrogen and oxygen atoms in total. The number of aliphatic hydroxyl groups is 2. The minimum absolute atomic E-state index is 0.0169. The third-order valence-electron chi connectivity index (χ3n) is 1.98. The summed E-state index contributed by atoms with van der Waals surface area (Å²) in [5.74, 6) is -0.316. The van der Waals surface area contributed by atoms with Crippen molar-refractivity contribution in [1.29, 1.82) is 0 Å². The summed E-state index contributed by atoms with van der Waals surface area (Å²) in [6.07, 6.45) is -1.84. The Labute approximate surface area is 94.3 Å². The lowest BCUT2D eigenvalue weighted by Crippen LogP contribution is -1.96. The number of nitrogens with zero attached hydrogens (tertiary/aromatic N) is 3. The molecule has 0 saturated carbocycles. The summed E-state index contributed by atoms with van der Waals surface area (Å²) in [7, 11) is 0. The lowest BCUT2D eigenvalue weighted by molar-refractivity contribution is -0.384. The number of hydrogen-bond acceptors (Lipinski definition) is 7. The molecular weight excluding hydrogens is 230 g/mol. The highest BCUT2D eigenvalue weighted by atomic mass is 16.6. The molecule has 2 N–H and O–H groups in total. The van der Waals surface area contributed by atoms with Gasteiger partial charge in [0.1, 0.15) is 0 Å². The van der Waals surface area contributed by atoms with Crippen LogP contribution in [0.25, 0.3) is 11.5 Å². The van der Waals surface area contributed by atoms with Gasteiger partial charge in [-0.1, -0.05) is 11.2 Å². The summed E-state index contributed by atoms with van der Waals surface area (Å²) in [6.45, 7) is 0. The molecule has 0 atom stereocenters. The molecule has 0 saturated heterocycles. The fourth-order valence-corrected chi connectivity index (χ4v) is 1.21. The predicted molar refractivity (Wildman–Crippen MR) is 53.6 cm³/mol. The van der Waals surface area contributed by atoms with Crippen LogP contribution in [0.5, 0.6) is 0 Å². The summed E-state index contributed by atoms with van der Waals surface area (Å²) >= 11 is 0. The SMILES string of the molecule is O=[N+]([O-])c1cccc(-c2nc(C(O)O)no2)c1. The van der Waals surface area contributed by atoms with E-state index in [0.717, 1.165) is 0 Å². The topological polar surface area (TPSA) is 123 Å². The van der Waals surface area contributed by atoms with Crippen LogP contribution in [-0.2, 0) is 0 Å². The van der Waals surface area contributed by atoms with Gasteiger partial charge in [-0.15, -0.1) is 0 Å². The summed E-state index contributed by atoms with van der Waals surface area (Å²) in [6, 6.07) is 5.57. The summed E-state index contributed by atoms with van der Waals surface area (Å²) in [4.78, 5) is 13.7. The molecule has 2 rings (SSSR count). The number of non-ortho nitro benzene ring substituents is 1. The van der Waals surface area contributed by atoms with E-state index in [1.807, 2.05) is 0 Å². The van der Waals surface area contributed by atoms with Crippen molar-refractivity contribution >= 4 is 5.69 Å². The van der Waals surface area contributed by atoms with Gasteiger partial charge in [-0.3, -0.25) is 10.1 Å². The number of benzene rings is 1. The van der Waals surface area contributed by atoms with Crippen LogP contribution in [0.1, 0.15) is 12.1 Å². The van der Waals surface area contributed by atoms with Crippen molar-refractivity contribution in [2.75, 3.05) is 0 Å². The maximum absolute atomic E-state index is 10.6. The molecule has 0 aliphatic carbocycles. The highest BCUT2D eigenvalue weighted by Gasteiger charge is 2.15. The van der Waals surface area contributed by atoms with Crippen molar-refractivity contribution in [2.45, 2.75) is 6.29 Å². The average Bonchev–Trinajstić information content (AvgIpc) is 2.78. The standard InChI is InChI=1S/C9H7N3O5/c13-9(14)7-10-8(17-11-7)5-2-1-3-6(4-5)12(15)16/h1-4,9,13-14H. The van der Waals surface area contributed by atoms with E-state index in [0.29, 0.717) is 5.56 Å². The molecule has 0 aliphatic heterocycles. The number of nitro groups is 1. The van der Waals surface area contributed by atoms with E-state index in [9.17, 15) is 10.1 Å². The number of hydrogen-bond donors (Lipinski definition) is 2. The zero-order valence-corrected chi connectivity index (χ0v) is 8.35. The highest BCUT2D eigenvalue weighted by molar-refractivity contribution is 5.57. The lowest BCUT2D eigenvalue weighted by atomic mass is 10.2. The smallest absolute Gasteiger partial charge is 0.270 e. The van der Waals surface area contributed by atoms with Gasteiger partial charge in [-0.05, 0) is 6.07 Å². The Morgan fingerprint density at radius 3 is 2.76 bits per heavy atom. The molecular formula is C9H7N3O5. The Kier molecular flexibility index (Phi) is 2.81. The molecule has 17 heavy (non-hydrogen) atoms. The fraction of sp³-hybridized carbons (Fsp3) is 0.111. The van der Waals surface area contributed by atoms with Gasteiger partial charge in [-0.2, -0.15) is 4.98 Å². The van der Waals surface area contributed by atoms with E-state index in [2.05, 4.69) is 10.1 Å². The van der Waals surface area contributed by atoms with Crippen LogP contribution in [0.4, 0.5) is 5.69 Å². The zero-order valence-electron chi connectivity index (χ0n) is 8.35. The molecule has 0 fully saturated rings. The second-order valence-corrected chi connectivity index (χ2v) is 3.14. The molecule has 0 amide bonds. The monoisotopic (exact) mass is 237 g/mol. The molecule has 0 unspecified atom stereocenters. The first kappa shape index (κ1) is 11.2. The number of nitro benzene ring substituents is 1. The van der Waals surface area contributed by atoms with E-state index in [-0.39, 0.29) is 17.4 Å². The number of aliphatic hydroxyl groups excluding tert-OH is 1. The van der Waals surface area contributed by atoms with E-state index in [4.69, 9.17) is 14.7 Å².